The number of guanidine groups is 1. The van der Waals surface area contributed by atoms with E-state index in [0.717, 1.165) is 43.7 Å². The third kappa shape index (κ3) is 7.85. The van der Waals surface area contributed by atoms with Gasteiger partial charge in [0.2, 0.25) is 0 Å². The molecule has 1 saturated heterocycles. The molecule has 0 aliphatic carbocycles. The van der Waals surface area contributed by atoms with Crippen LogP contribution in [0.4, 0.5) is 5.69 Å². The van der Waals surface area contributed by atoms with Gasteiger partial charge in [-0.3, -0.25) is 0 Å². The van der Waals surface area contributed by atoms with E-state index < -0.39 is 0 Å². The molecule has 0 saturated carbocycles. The molecule has 172 valence electrons. The number of aromatic nitrogens is 3. The predicted molar refractivity (Wildman–Crippen MR) is 143 cm³/mol. The fraction of sp³-hybridized carbons (Fsp3) is 0.591. The number of anilines is 1. The fourth-order valence-corrected chi connectivity index (χ4v) is 4.74. The number of thioether (sulfide) groups is 1. The lowest BCUT2D eigenvalue weighted by Gasteiger charge is -2.25. The molecule has 1 aliphatic heterocycles. The number of halogens is 1. The van der Waals surface area contributed by atoms with Gasteiger partial charge in [-0.2, -0.15) is 11.8 Å². The van der Waals surface area contributed by atoms with Crippen LogP contribution in [-0.2, 0) is 13.6 Å². The third-order valence-electron chi connectivity index (χ3n) is 5.65. The van der Waals surface area contributed by atoms with Crippen molar-refractivity contribution in [1.82, 2.24) is 25.4 Å². The highest BCUT2D eigenvalue weighted by molar-refractivity contribution is 14.0. The normalized spacial score (nSPS) is 18.5. The van der Waals surface area contributed by atoms with Crippen LogP contribution >= 0.6 is 35.7 Å². The van der Waals surface area contributed by atoms with Crippen LogP contribution in [0.25, 0.3) is 0 Å². The quantitative estimate of drug-likeness (QED) is 0.213. The van der Waals surface area contributed by atoms with E-state index in [9.17, 15) is 0 Å². The minimum atomic E-state index is 0. The summed E-state index contributed by atoms with van der Waals surface area (Å²) in [4.78, 5) is 7.07. The highest BCUT2D eigenvalue weighted by Gasteiger charge is 2.29. The first kappa shape index (κ1) is 25.8. The van der Waals surface area contributed by atoms with Gasteiger partial charge in [0.25, 0.3) is 0 Å². The summed E-state index contributed by atoms with van der Waals surface area (Å²) in [6.07, 6.45) is 3.58. The third-order valence-corrected chi connectivity index (χ3v) is 7.19. The summed E-state index contributed by atoms with van der Waals surface area (Å²) in [6.45, 7) is 7.59. The van der Waals surface area contributed by atoms with Gasteiger partial charge in [0.15, 0.2) is 11.8 Å². The largest absolute Gasteiger partial charge is 0.375 e. The highest BCUT2D eigenvalue weighted by Crippen LogP contribution is 2.36. The molecule has 0 bridgehead atoms. The van der Waals surface area contributed by atoms with Gasteiger partial charge in [0, 0.05) is 44.2 Å². The SMILES string of the molecule is Cc1nnc(CN=C(NCCCN(C)c2ccccc2)NCC2(C)CCCS2)n1C.I. The van der Waals surface area contributed by atoms with Gasteiger partial charge in [-0.05, 0) is 51.0 Å². The fourth-order valence-electron chi connectivity index (χ4n) is 3.49. The van der Waals surface area contributed by atoms with Crippen LogP contribution < -0.4 is 15.5 Å². The van der Waals surface area contributed by atoms with E-state index in [0.29, 0.717) is 6.54 Å². The summed E-state index contributed by atoms with van der Waals surface area (Å²) in [6, 6.07) is 10.5. The lowest BCUT2D eigenvalue weighted by molar-refractivity contribution is 0.582. The first-order valence-electron chi connectivity index (χ1n) is 10.7. The Bertz CT molecular complexity index is 819. The maximum absolute atomic E-state index is 4.78. The van der Waals surface area contributed by atoms with Gasteiger partial charge in [0.05, 0.1) is 0 Å². The summed E-state index contributed by atoms with van der Waals surface area (Å²) in [5.41, 5.74) is 1.24. The minimum absolute atomic E-state index is 0. The summed E-state index contributed by atoms with van der Waals surface area (Å²) in [7, 11) is 4.12. The van der Waals surface area contributed by atoms with E-state index >= 15 is 0 Å². The first-order valence-corrected chi connectivity index (χ1v) is 11.7. The molecule has 9 heteroatoms. The van der Waals surface area contributed by atoms with Crippen LogP contribution in [0.5, 0.6) is 0 Å². The molecule has 2 heterocycles. The smallest absolute Gasteiger partial charge is 0.191 e. The zero-order valence-corrected chi connectivity index (χ0v) is 22.2. The predicted octanol–water partition coefficient (Wildman–Crippen LogP) is 3.59. The van der Waals surface area contributed by atoms with Crippen molar-refractivity contribution in [3.05, 3.63) is 42.0 Å². The second-order valence-corrected chi connectivity index (χ2v) is 9.86. The lowest BCUT2D eigenvalue weighted by atomic mass is 10.1. The van der Waals surface area contributed by atoms with Crippen molar-refractivity contribution < 1.29 is 0 Å². The Kier molecular flexibility index (Phi) is 10.4. The van der Waals surface area contributed by atoms with Gasteiger partial charge < -0.3 is 20.1 Å². The molecular formula is C22H36IN7S. The van der Waals surface area contributed by atoms with E-state index in [-0.39, 0.29) is 28.7 Å². The molecule has 31 heavy (non-hydrogen) atoms. The molecule has 7 nitrogen and oxygen atoms in total. The molecule has 2 aromatic rings. The Hall–Kier alpha value is -1.49. The van der Waals surface area contributed by atoms with E-state index in [1.54, 1.807) is 0 Å². The zero-order valence-electron chi connectivity index (χ0n) is 19.1. The number of nitrogens with one attached hydrogen (secondary N) is 2. The minimum Gasteiger partial charge on any atom is -0.375 e. The number of aliphatic imine (C=N–C) groups is 1. The molecule has 1 unspecified atom stereocenters. The molecule has 0 radical (unpaired) electrons. The maximum Gasteiger partial charge on any atom is 0.191 e. The number of hydrogen-bond donors (Lipinski definition) is 2. The number of benzene rings is 1. The molecule has 0 amide bonds. The average molecular weight is 558 g/mol. The standard InChI is InChI=1S/C22H35N7S.HI/c1-18-26-27-20(29(18)4)16-24-21(25-17-22(2)12-8-15-30-22)23-13-9-14-28(3)19-10-6-5-7-11-19;/h5-7,10-11H,8-9,12-17H2,1-4H3,(H2,23,24,25);1H. The molecule has 1 aliphatic rings. The Labute approximate surface area is 207 Å². The van der Waals surface area contributed by atoms with Crippen LogP contribution in [-0.4, -0.2) is 57.9 Å². The summed E-state index contributed by atoms with van der Waals surface area (Å²) in [5.74, 6) is 3.88. The first-order chi connectivity index (χ1) is 14.5. The number of nitrogens with zero attached hydrogens (tertiary/aromatic N) is 5. The van der Waals surface area contributed by atoms with Crippen molar-refractivity contribution in [1.29, 1.82) is 0 Å². The molecule has 1 atom stereocenters. The van der Waals surface area contributed by atoms with E-state index in [1.807, 2.05) is 18.5 Å². The topological polar surface area (TPSA) is 70.4 Å². The van der Waals surface area contributed by atoms with E-state index in [2.05, 4.69) is 81.8 Å². The molecule has 1 fully saturated rings. The zero-order chi connectivity index (χ0) is 21.4. The van der Waals surface area contributed by atoms with Crippen molar-refractivity contribution in [3.63, 3.8) is 0 Å². The average Bonchev–Trinajstić information content (AvgIpc) is 3.33. The van der Waals surface area contributed by atoms with Crippen LogP contribution in [0.2, 0.25) is 0 Å². The number of para-hydroxylation sites is 1. The monoisotopic (exact) mass is 557 g/mol. The van der Waals surface area contributed by atoms with Crippen LogP contribution in [0.1, 0.15) is 37.8 Å². The molecule has 1 aromatic heterocycles. The second kappa shape index (κ2) is 12.5. The van der Waals surface area contributed by atoms with Crippen LogP contribution in [0.3, 0.4) is 0 Å². The lowest BCUT2D eigenvalue weighted by Crippen LogP contribution is -2.44. The van der Waals surface area contributed by atoms with E-state index in [1.165, 1.54) is 24.3 Å². The van der Waals surface area contributed by atoms with Gasteiger partial charge in [-0.1, -0.05) is 18.2 Å². The van der Waals surface area contributed by atoms with Crippen LogP contribution in [0.15, 0.2) is 35.3 Å². The van der Waals surface area contributed by atoms with Gasteiger partial charge in [0.1, 0.15) is 12.4 Å². The van der Waals surface area contributed by atoms with E-state index in [4.69, 9.17) is 4.99 Å². The van der Waals surface area contributed by atoms with Gasteiger partial charge in [-0.25, -0.2) is 4.99 Å². The van der Waals surface area contributed by atoms with Crippen molar-refractivity contribution >= 4 is 47.4 Å². The van der Waals surface area contributed by atoms with Gasteiger partial charge >= 0.3 is 0 Å². The molecule has 1 aromatic carbocycles. The molecule has 2 N–H and O–H groups in total. The Morgan fingerprint density at radius 1 is 1.26 bits per heavy atom. The van der Waals surface area contributed by atoms with Crippen molar-refractivity contribution in [2.75, 3.05) is 37.3 Å². The number of hydrogen-bond acceptors (Lipinski definition) is 5. The van der Waals surface area contributed by atoms with Crippen LogP contribution in [0, 0.1) is 6.92 Å². The molecular weight excluding hydrogens is 521 g/mol. The maximum atomic E-state index is 4.78. The number of aryl methyl sites for hydroxylation is 1. The van der Waals surface area contributed by atoms with Gasteiger partial charge in [-0.15, -0.1) is 34.2 Å². The van der Waals surface area contributed by atoms with Crippen molar-refractivity contribution in [2.45, 2.75) is 44.4 Å². The molecule has 3 rings (SSSR count). The summed E-state index contributed by atoms with van der Waals surface area (Å²) in [5, 5.41) is 15.4. The summed E-state index contributed by atoms with van der Waals surface area (Å²) < 4.78 is 2.28. The number of rotatable bonds is 9. The van der Waals surface area contributed by atoms with Crippen molar-refractivity contribution in [2.24, 2.45) is 12.0 Å². The Balaban J connectivity index is 0.00000341. The Morgan fingerprint density at radius 2 is 2.03 bits per heavy atom. The van der Waals surface area contributed by atoms with Crippen molar-refractivity contribution in [3.8, 4) is 0 Å². The Morgan fingerprint density at radius 3 is 2.68 bits per heavy atom. The highest BCUT2D eigenvalue weighted by atomic mass is 127. The second-order valence-electron chi connectivity index (χ2n) is 8.18. The molecule has 0 spiro atoms. The summed E-state index contributed by atoms with van der Waals surface area (Å²) >= 11 is 2.06.